The van der Waals surface area contributed by atoms with Crippen LogP contribution in [0.5, 0.6) is 0 Å². The van der Waals surface area contributed by atoms with Crippen molar-refractivity contribution in [3.63, 3.8) is 0 Å². The summed E-state index contributed by atoms with van der Waals surface area (Å²) in [6.45, 7) is 4.53. The van der Waals surface area contributed by atoms with E-state index in [1.165, 1.54) is 101 Å². The smallest absolute Gasteiger partial charge is 0.0424 e. The molecule has 0 radical (unpaired) electrons. The zero-order chi connectivity index (χ0) is 27.3. The van der Waals surface area contributed by atoms with Crippen molar-refractivity contribution in [3.8, 4) is 0 Å². The Kier molecular flexibility index (Phi) is 8.65. The molecule has 0 spiro atoms. The Labute approximate surface area is 247 Å². The van der Waals surface area contributed by atoms with Crippen LogP contribution in [-0.4, -0.2) is 0 Å². The first-order valence-corrected chi connectivity index (χ1v) is 16.9. The number of fused-ring (bicyclic) bond motifs is 5. The lowest BCUT2D eigenvalue weighted by Gasteiger charge is -2.03. The fraction of sp³-hybridized carbons (Fsp3) is 0.316. The van der Waals surface area contributed by atoms with Gasteiger partial charge in [0.25, 0.3) is 0 Å². The fourth-order valence-electron chi connectivity index (χ4n) is 5.80. The van der Waals surface area contributed by atoms with Gasteiger partial charge in [0.15, 0.2) is 0 Å². The number of benzene rings is 4. The van der Waals surface area contributed by atoms with Crippen LogP contribution >= 0.6 is 22.7 Å². The van der Waals surface area contributed by atoms with Crippen molar-refractivity contribution < 1.29 is 0 Å². The van der Waals surface area contributed by atoms with E-state index in [-0.39, 0.29) is 0 Å². The van der Waals surface area contributed by atoms with Crippen LogP contribution < -0.4 is 0 Å². The van der Waals surface area contributed by atoms with Crippen LogP contribution in [-0.2, 0) is 38.5 Å². The van der Waals surface area contributed by atoms with Crippen molar-refractivity contribution >= 4 is 53.6 Å². The largest absolute Gasteiger partial charge is 0.140 e. The molecule has 0 aliphatic rings. The number of aryl methyl sites for hydroxylation is 6. The first-order valence-electron chi connectivity index (χ1n) is 15.2. The predicted molar refractivity (Wildman–Crippen MR) is 180 cm³/mol. The van der Waals surface area contributed by atoms with E-state index in [4.69, 9.17) is 0 Å². The second kappa shape index (κ2) is 12.7. The Balaban J connectivity index is 1.16. The zero-order valence-electron chi connectivity index (χ0n) is 24.0. The molecule has 6 aromatic rings. The van der Waals surface area contributed by atoms with Gasteiger partial charge in [0.05, 0.1) is 0 Å². The van der Waals surface area contributed by atoms with Gasteiger partial charge in [0, 0.05) is 29.9 Å². The molecule has 2 heterocycles. The van der Waals surface area contributed by atoms with Gasteiger partial charge in [-0.05, 0) is 96.5 Å². The van der Waals surface area contributed by atoms with E-state index in [1.807, 2.05) is 22.7 Å². The summed E-state index contributed by atoms with van der Waals surface area (Å²) in [6.07, 6.45) is 11.9. The first-order chi connectivity index (χ1) is 19.7. The van der Waals surface area contributed by atoms with Crippen LogP contribution in [0.4, 0.5) is 0 Å². The van der Waals surface area contributed by atoms with Gasteiger partial charge < -0.3 is 0 Å². The van der Waals surface area contributed by atoms with Crippen LogP contribution in [0.15, 0.2) is 84.9 Å². The topological polar surface area (TPSA) is 0 Å². The van der Waals surface area contributed by atoms with Gasteiger partial charge in [-0.25, -0.2) is 0 Å². The minimum absolute atomic E-state index is 1.11. The summed E-state index contributed by atoms with van der Waals surface area (Å²) < 4.78 is 2.89. The molecule has 0 unspecified atom stereocenters. The molecule has 4 aromatic carbocycles. The van der Waals surface area contributed by atoms with Crippen molar-refractivity contribution in [1.82, 2.24) is 0 Å². The summed E-state index contributed by atoms with van der Waals surface area (Å²) in [6, 6.07) is 32.9. The van der Waals surface area contributed by atoms with E-state index in [0.717, 1.165) is 25.7 Å². The lowest BCUT2D eigenvalue weighted by molar-refractivity contribution is 0.794. The number of rotatable bonds is 12. The van der Waals surface area contributed by atoms with Gasteiger partial charge in [0.1, 0.15) is 0 Å². The Bertz CT molecular complexity index is 1570. The number of unbranched alkanes of at least 4 members (excludes halogenated alkanes) is 2. The highest BCUT2D eigenvalue weighted by atomic mass is 32.1. The van der Waals surface area contributed by atoms with Crippen molar-refractivity contribution in [3.05, 3.63) is 117 Å². The van der Waals surface area contributed by atoms with Gasteiger partial charge in [-0.3, -0.25) is 0 Å². The van der Waals surface area contributed by atoms with Gasteiger partial charge in [-0.15, -0.1) is 22.7 Å². The number of thiophene rings is 2. The second-order valence-corrected chi connectivity index (χ2v) is 13.6. The standard InChI is InChI=1S/C38H40S2/c1-3-5-7-27-9-13-29(14-10-27)17-21-33-25-31-19-23-36-35(37(31)39-33)24-20-32-26-34(40-38(32)36)22-18-30-15-11-28(12-16-30)8-6-4-2/h9-16,19-20,23-26H,3-8,17-18,21-22H2,1-2H3. The average molecular weight is 561 g/mol. The summed E-state index contributed by atoms with van der Waals surface area (Å²) >= 11 is 3.99. The van der Waals surface area contributed by atoms with E-state index in [0.29, 0.717) is 0 Å². The average Bonchev–Trinajstić information content (AvgIpc) is 3.62. The maximum absolute atomic E-state index is 2.42. The minimum Gasteiger partial charge on any atom is -0.140 e. The van der Waals surface area contributed by atoms with Crippen molar-refractivity contribution in [1.29, 1.82) is 0 Å². The monoisotopic (exact) mass is 560 g/mol. The molecule has 0 atom stereocenters. The summed E-state index contributed by atoms with van der Waals surface area (Å²) in [5.74, 6) is 0. The van der Waals surface area contributed by atoms with Crippen LogP contribution in [0, 0.1) is 0 Å². The molecule has 0 fully saturated rings. The molecule has 40 heavy (non-hydrogen) atoms. The minimum atomic E-state index is 1.11. The molecule has 0 nitrogen and oxygen atoms in total. The normalized spacial score (nSPS) is 11.8. The molecule has 2 aromatic heterocycles. The van der Waals surface area contributed by atoms with E-state index >= 15 is 0 Å². The molecular formula is C38H40S2. The first kappa shape index (κ1) is 27.2. The van der Waals surface area contributed by atoms with Gasteiger partial charge >= 0.3 is 0 Å². The summed E-state index contributed by atoms with van der Waals surface area (Å²) in [7, 11) is 0. The van der Waals surface area contributed by atoms with Crippen molar-refractivity contribution in [2.75, 3.05) is 0 Å². The lowest BCUT2D eigenvalue weighted by atomic mass is 10.0. The van der Waals surface area contributed by atoms with E-state index in [9.17, 15) is 0 Å². The molecule has 0 aliphatic carbocycles. The third-order valence-corrected chi connectivity index (χ3v) is 10.8. The zero-order valence-corrected chi connectivity index (χ0v) is 25.6. The molecule has 0 N–H and O–H groups in total. The fourth-order valence-corrected chi connectivity index (χ4v) is 8.17. The Morgan fingerprint density at radius 1 is 0.425 bits per heavy atom. The molecule has 0 bridgehead atoms. The van der Waals surface area contributed by atoms with Crippen molar-refractivity contribution in [2.24, 2.45) is 0 Å². The molecule has 0 amide bonds. The molecule has 0 saturated carbocycles. The van der Waals surface area contributed by atoms with Crippen LogP contribution in [0.1, 0.15) is 71.5 Å². The van der Waals surface area contributed by atoms with E-state index in [1.54, 1.807) is 0 Å². The maximum atomic E-state index is 2.42. The highest BCUT2D eigenvalue weighted by Crippen LogP contribution is 2.39. The third kappa shape index (κ3) is 6.19. The lowest BCUT2D eigenvalue weighted by Crippen LogP contribution is -1.90. The van der Waals surface area contributed by atoms with Gasteiger partial charge in [-0.1, -0.05) is 99.5 Å². The van der Waals surface area contributed by atoms with Gasteiger partial charge in [0.2, 0.25) is 0 Å². The summed E-state index contributed by atoms with van der Waals surface area (Å²) in [5.41, 5.74) is 5.84. The highest BCUT2D eigenvalue weighted by molar-refractivity contribution is 7.21. The molecule has 6 rings (SSSR count). The molecule has 2 heteroatoms. The van der Waals surface area contributed by atoms with Crippen LogP contribution in [0.3, 0.4) is 0 Å². The molecule has 0 saturated heterocycles. The SMILES string of the molecule is CCCCc1ccc(CCc2cc3ccc4c(ccc5cc(CCc6ccc(CCCC)cc6)sc54)c3s2)cc1. The van der Waals surface area contributed by atoms with Gasteiger partial charge in [-0.2, -0.15) is 0 Å². The van der Waals surface area contributed by atoms with E-state index in [2.05, 4.69) is 98.8 Å². The third-order valence-electron chi connectivity index (χ3n) is 8.27. The highest BCUT2D eigenvalue weighted by Gasteiger charge is 2.11. The second-order valence-electron chi connectivity index (χ2n) is 11.3. The predicted octanol–water partition coefficient (Wildman–Crippen LogP) is 11.5. The molecule has 204 valence electrons. The van der Waals surface area contributed by atoms with Crippen LogP contribution in [0.25, 0.3) is 30.9 Å². The van der Waals surface area contributed by atoms with E-state index < -0.39 is 0 Å². The Morgan fingerprint density at radius 3 is 1.18 bits per heavy atom. The summed E-state index contributed by atoms with van der Waals surface area (Å²) in [4.78, 5) is 2.98. The molecular weight excluding hydrogens is 521 g/mol. The Morgan fingerprint density at radius 2 is 0.800 bits per heavy atom. The molecule has 0 aliphatic heterocycles. The Hall–Kier alpha value is -2.94. The maximum Gasteiger partial charge on any atom is 0.0424 e. The quantitative estimate of drug-likeness (QED) is 0.140. The van der Waals surface area contributed by atoms with Crippen LogP contribution in [0.2, 0.25) is 0 Å². The number of hydrogen-bond acceptors (Lipinski definition) is 2. The summed E-state index contributed by atoms with van der Waals surface area (Å²) in [5, 5.41) is 5.61. The van der Waals surface area contributed by atoms with Crippen molar-refractivity contribution in [2.45, 2.75) is 78.1 Å². The number of hydrogen-bond donors (Lipinski definition) is 0.